The Kier molecular flexibility index (Phi) is 3.72. The number of aliphatic hydroxyl groups excluding tert-OH is 1. The van der Waals surface area contributed by atoms with Crippen LogP contribution in [0, 0.1) is 0 Å². The van der Waals surface area contributed by atoms with E-state index in [9.17, 15) is 5.11 Å². The van der Waals surface area contributed by atoms with Gasteiger partial charge in [-0.2, -0.15) is 0 Å². The van der Waals surface area contributed by atoms with E-state index in [2.05, 4.69) is 11.6 Å². The Balaban J connectivity index is 4.22. The van der Waals surface area contributed by atoms with Gasteiger partial charge in [0.15, 0.2) is 0 Å². The lowest BCUT2D eigenvalue weighted by Gasteiger charge is -2.17. The smallest absolute Gasteiger partial charge is 0.131 e. The first-order valence-electron chi connectivity index (χ1n) is 3.08. The van der Waals surface area contributed by atoms with Crippen molar-refractivity contribution in [3.05, 3.63) is 12.7 Å². The van der Waals surface area contributed by atoms with Crippen LogP contribution in [0.3, 0.4) is 0 Å². The number of nitrogens with zero attached hydrogens (tertiary/aromatic N) is 2. The summed E-state index contributed by atoms with van der Waals surface area (Å²) in [5, 5.41) is 9.20. The van der Waals surface area contributed by atoms with Crippen LogP contribution >= 0.6 is 0 Å². The van der Waals surface area contributed by atoms with Gasteiger partial charge in [-0.25, -0.2) is 0 Å². The highest BCUT2D eigenvalue weighted by atomic mass is 16.3. The molecule has 10 heavy (non-hydrogen) atoms. The van der Waals surface area contributed by atoms with Crippen molar-refractivity contribution >= 4 is 5.84 Å². The molecule has 0 saturated heterocycles. The van der Waals surface area contributed by atoms with E-state index in [1.807, 2.05) is 14.1 Å². The van der Waals surface area contributed by atoms with Gasteiger partial charge in [-0.1, -0.05) is 6.08 Å². The predicted molar refractivity (Wildman–Crippen MR) is 43.2 cm³/mol. The number of likely N-dealkylation sites (N-methyl/N-ethyl adjacent to an activating group) is 1. The number of hydrogen-bond donors (Lipinski definition) is 1. The van der Waals surface area contributed by atoms with Crippen LogP contribution in [0.1, 0.15) is 0 Å². The first-order chi connectivity index (χ1) is 4.63. The van der Waals surface area contributed by atoms with Crippen LogP contribution < -0.4 is 0 Å². The fourth-order valence-corrected chi connectivity index (χ4v) is 0.702. The third kappa shape index (κ3) is 2.19. The van der Waals surface area contributed by atoms with Gasteiger partial charge in [-0.15, -0.1) is 6.58 Å². The van der Waals surface area contributed by atoms with Gasteiger partial charge in [0.1, 0.15) is 11.9 Å². The molecule has 0 aliphatic carbocycles. The molecule has 0 aliphatic heterocycles. The molecular weight excluding hydrogens is 128 g/mol. The largest absolute Gasteiger partial charge is 0.381 e. The van der Waals surface area contributed by atoms with Crippen molar-refractivity contribution in [3.8, 4) is 0 Å². The molecule has 1 atom stereocenters. The molecule has 0 amide bonds. The zero-order valence-electron chi connectivity index (χ0n) is 6.70. The van der Waals surface area contributed by atoms with Crippen molar-refractivity contribution in [2.45, 2.75) is 6.10 Å². The van der Waals surface area contributed by atoms with Gasteiger partial charge in [0.05, 0.1) is 0 Å². The minimum Gasteiger partial charge on any atom is -0.381 e. The fraction of sp³-hybridized carbons (Fsp3) is 0.571. The van der Waals surface area contributed by atoms with Crippen LogP contribution in [0.4, 0.5) is 0 Å². The molecule has 0 aliphatic rings. The fourth-order valence-electron chi connectivity index (χ4n) is 0.702. The maximum Gasteiger partial charge on any atom is 0.131 e. The molecular formula is C7H14N2O. The van der Waals surface area contributed by atoms with Crippen LogP contribution in [0.25, 0.3) is 0 Å². The standard InChI is InChI=1S/C7H14N2O/c1-5-6(10)7(8-2)9(3)4/h5-6,10H,1H2,2-4H3. The second-order valence-electron chi connectivity index (χ2n) is 2.16. The topological polar surface area (TPSA) is 35.8 Å². The van der Waals surface area contributed by atoms with E-state index in [0.29, 0.717) is 5.84 Å². The number of aliphatic imine (C=N–C) groups is 1. The maximum atomic E-state index is 9.20. The molecule has 0 rings (SSSR count). The summed E-state index contributed by atoms with van der Waals surface area (Å²) in [6.45, 7) is 3.45. The zero-order chi connectivity index (χ0) is 8.15. The van der Waals surface area contributed by atoms with Crippen molar-refractivity contribution in [2.75, 3.05) is 21.1 Å². The van der Waals surface area contributed by atoms with E-state index in [1.165, 1.54) is 6.08 Å². The van der Waals surface area contributed by atoms with Crippen LogP contribution in [0.15, 0.2) is 17.6 Å². The SMILES string of the molecule is C=CC(O)C(=NC)N(C)C. The third-order valence-corrected chi connectivity index (χ3v) is 1.18. The summed E-state index contributed by atoms with van der Waals surface area (Å²) in [6, 6.07) is 0. The van der Waals surface area contributed by atoms with Gasteiger partial charge in [0.25, 0.3) is 0 Å². The quantitative estimate of drug-likeness (QED) is 0.338. The molecule has 58 valence electrons. The molecule has 1 N–H and O–H groups in total. The van der Waals surface area contributed by atoms with Crippen molar-refractivity contribution in [1.82, 2.24) is 4.90 Å². The molecule has 3 heteroatoms. The van der Waals surface area contributed by atoms with Crippen LogP contribution in [0.2, 0.25) is 0 Å². The minimum absolute atomic E-state index is 0.620. The van der Waals surface area contributed by atoms with Gasteiger partial charge < -0.3 is 10.0 Å². The second-order valence-corrected chi connectivity index (χ2v) is 2.16. The molecule has 0 aromatic rings. The maximum absolute atomic E-state index is 9.20. The highest BCUT2D eigenvalue weighted by Crippen LogP contribution is 1.92. The molecule has 0 aromatic carbocycles. The number of aliphatic hydroxyl groups is 1. The Hall–Kier alpha value is -0.830. The normalized spacial score (nSPS) is 14.6. The Labute approximate surface area is 61.7 Å². The lowest BCUT2D eigenvalue weighted by molar-refractivity contribution is 0.273. The minimum atomic E-state index is -0.653. The number of amidine groups is 1. The van der Waals surface area contributed by atoms with Gasteiger partial charge >= 0.3 is 0 Å². The molecule has 1 unspecified atom stereocenters. The third-order valence-electron chi connectivity index (χ3n) is 1.18. The van der Waals surface area contributed by atoms with Crippen molar-refractivity contribution < 1.29 is 5.11 Å². The van der Waals surface area contributed by atoms with E-state index in [0.717, 1.165) is 0 Å². The average Bonchev–Trinajstić information content (AvgIpc) is 1.88. The lowest BCUT2D eigenvalue weighted by Crippen LogP contribution is -2.32. The van der Waals surface area contributed by atoms with Gasteiger partial charge in [-0.3, -0.25) is 4.99 Å². The van der Waals surface area contributed by atoms with Crippen LogP contribution in [0.5, 0.6) is 0 Å². The van der Waals surface area contributed by atoms with Crippen LogP contribution in [-0.2, 0) is 0 Å². The van der Waals surface area contributed by atoms with Crippen molar-refractivity contribution in [2.24, 2.45) is 4.99 Å². The summed E-state index contributed by atoms with van der Waals surface area (Å²) < 4.78 is 0. The lowest BCUT2D eigenvalue weighted by atomic mass is 10.3. The molecule has 0 heterocycles. The molecule has 3 nitrogen and oxygen atoms in total. The molecule has 0 fully saturated rings. The van der Waals surface area contributed by atoms with E-state index in [-0.39, 0.29) is 0 Å². The molecule has 0 spiro atoms. The van der Waals surface area contributed by atoms with Gasteiger partial charge in [-0.05, 0) is 0 Å². The summed E-state index contributed by atoms with van der Waals surface area (Å²) in [7, 11) is 5.30. The summed E-state index contributed by atoms with van der Waals surface area (Å²) >= 11 is 0. The highest BCUT2D eigenvalue weighted by Gasteiger charge is 2.08. The molecule has 0 saturated carbocycles. The van der Waals surface area contributed by atoms with Gasteiger partial charge in [0, 0.05) is 21.1 Å². The summed E-state index contributed by atoms with van der Waals surface area (Å²) in [6.07, 6.45) is 0.794. The number of hydrogen-bond acceptors (Lipinski definition) is 2. The second kappa shape index (κ2) is 4.06. The summed E-state index contributed by atoms with van der Waals surface area (Å²) in [5.41, 5.74) is 0. The Morgan fingerprint density at radius 3 is 2.30 bits per heavy atom. The van der Waals surface area contributed by atoms with Crippen molar-refractivity contribution in [3.63, 3.8) is 0 Å². The Bertz CT molecular complexity index is 141. The first kappa shape index (κ1) is 9.17. The average molecular weight is 142 g/mol. The van der Waals surface area contributed by atoms with Gasteiger partial charge in [0.2, 0.25) is 0 Å². The van der Waals surface area contributed by atoms with E-state index >= 15 is 0 Å². The molecule has 0 radical (unpaired) electrons. The van der Waals surface area contributed by atoms with Crippen LogP contribution in [-0.4, -0.2) is 43.1 Å². The van der Waals surface area contributed by atoms with E-state index in [4.69, 9.17) is 0 Å². The zero-order valence-corrected chi connectivity index (χ0v) is 6.70. The first-order valence-corrected chi connectivity index (χ1v) is 3.08. The Morgan fingerprint density at radius 1 is 1.70 bits per heavy atom. The van der Waals surface area contributed by atoms with E-state index in [1.54, 1.807) is 11.9 Å². The predicted octanol–water partition coefficient (Wildman–Crippen LogP) is 0.123. The van der Waals surface area contributed by atoms with Crippen molar-refractivity contribution in [1.29, 1.82) is 0 Å². The monoisotopic (exact) mass is 142 g/mol. The van der Waals surface area contributed by atoms with E-state index < -0.39 is 6.10 Å². The Morgan fingerprint density at radius 2 is 2.20 bits per heavy atom. The molecule has 0 aromatic heterocycles. The molecule has 0 bridgehead atoms. The summed E-state index contributed by atoms with van der Waals surface area (Å²) in [4.78, 5) is 5.64. The summed E-state index contributed by atoms with van der Waals surface area (Å²) in [5.74, 6) is 0.620. The highest BCUT2D eigenvalue weighted by molar-refractivity contribution is 5.87. The number of rotatable bonds is 2.